The number of amides is 1. The van der Waals surface area contributed by atoms with Gasteiger partial charge in [0.05, 0.1) is 5.56 Å². The van der Waals surface area contributed by atoms with E-state index in [1.54, 1.807) is 24.3 Å². The maximum absolute atomic E-state index is 12.9. The topological polar surface area (TPSA) is 32.3 Å². The second kappa shape index (κ2) is 10.1. The van der Waals surface area contributed by atoms with Gasteiger partial charge in [0.2, 0.25) is 5.91 Å². The van der Waals surface area contributed by atoms with Crippen LogP contribution in [0.1, 0.15) is 54.4 Å². The molecular weight excluding hydrogens is 432 g/mol. The quantitative estimate of drug-likeness (QED) is 0.428. The predicted octanol–water partition coefficient (Wildman–Crippen LogP) is 5.94. The maximum atomic E-state index is 12.9. The highest BCUT2D eigenvalue weighted by atomic mass is 19.4. The van der Waals surface area contributed by atoms with Crippen molar-refractivity contribution in [1.82, 2.24) is 10.2 Å². The monoisotopic (exact) mass is 460 g/mol. The number of nitrogens with zero attached hydrogens (tertiary/aromatic N) is 1. The Balaban J connectivity index is 1.17. The van der Waals surface area contributed by atoms with Crippen molar-refractivity contribution in [3.05, 3.63) is 76.6 Å². The number of benzene rings is 2. The van der Waals surface area contributed by atoms with Gasteiger partial charge in [0.1, 0.15) is 5.82 Å². The molecule has 0 atom stereocenters. The minimum Gasteiger partial charge on any atom is -0.350 e. The van der Waals surface area contributed by atoms with Gasteiger partial charge in [0, 0.05) is 25.2 Å². The van der Waals surface area contributed by atoms with Crippen LogP contribution in [-0.4, -0.2) is 23.4 Å². The van der Waals surface area contributed by atoms with E-state index in [2.05, 4.69) is 10.2 Å². The van der Waals surface area contributed by atoms with Gasteiger partial charge in [-0.25, -0.2) is 4.39 Å². The van der Waals surface area contributed by atoms with Crippen molar-refractivity contribution in [2.24, 2.45) is 5.92 Å². The van der Waals surface area contributed by atoms with Crippen LogP contribution in [0, 0.1) is 11.7 Å². The Bertz CT molecular complexity index is 992. The van der Waals surface area contributed by atoms with E-state index in [9.17, 15) is 22.4 Å². The van der Waals surface area contributed by atoms with Gasteiger partial charge in [-0.2, -0.15) is 13.2 Å². The fourth-order valence-electron chi connectivity index (χ4n) is 4.76. The minimum absolute atomic E-state index is 0.143. The first kappa shape index (κ1) is 23.5. The fourth-order valence-corrected chi connectivity index (χ4v) is 4.76. The molecule has 2 aromatic carbocycles. The van der Waals surface area contributed by atoms with Crippen molar-refractivity contribution < 1.29 is 22.4 Å². The third-order valence-corrected chi connectivity index (χ3v) is 6.67. The molecule has 1 aliphatic heterocycles. The smallest absolute Gasteiger partial charge is 0.350 e. The number of nitrogens with one attached hydrogen (secondary N) is 1. The van der Waals surface area contributed by atoms with Gasteiger partial charge >= 0.3 is 6.18 Å². The van der Waals surface area contributed by atoms with Crippen LogP contribution in [0.15, 0.2) is 48.5 Å². The van der Waals surface area contributed by atoms with Crippen LogP contribution >= 0.6 is 0 Å². The number of alkyl halides is 3. The van der Waals surface area contributed by atoms with E-state index in [1.807, 2.05) is 0 Å². The lowest BCUT2D eigenvalue weighted by Gasteiger charge is -2.30. The zero-order valence-electron chi connectivity index (χ0n) is 18.4. The van der Waals surface area contributed by atoms with Crippen molar-refractivity contribution in [1.29, 1.82) is 0 Å². The molecule has 0 spiro atoms. The molecule has 7 heteroatoms. The van der Waals surface area contributed by atoms with Gasteiger partial charge < -0.3 is 5.32 Å². The van der Waals surface area contributed by atoms with Gasteiger partial charge in [0.25, 0.3) is 0 Å². The maximum Gasteiger partial charge on any atom is 0.416 e. The lowest BCUT2D eigenvalue weighted by molar-refractivity contribution is -0.137. The van der Waals surface area contributed by atoms with Gasteiger partial charge in [-0.15, -0.1) is 0 Å². The summed E-state index contributed by atoms with van der Waals surface area (Å²) in [5.74, 6) is 0.122. The van der Waals surface area contributed by atoms with Gasteiger partial charge in [-0.1, -0.05) is 18.2 Å². The molecule has 1 saturated carbocycles. The molecule has 1 aliphatic carbocycles. The third kappa shape index (κ3) is 6.44. The predicted molar refractivity (Wildman–Crippen MR) is 119 cm³/mol. The average molecular weight is 461 g/mol. The van der Waals surface area contributed by atoms with Crippen molar-refractivity contribution >= 4 is 12.0 Å². The number of fused-ring (bicyclic) bond motifs is 1. The first-order valence-electron chi connectivity index (χ1n) is 11.4. The van der Waals surface area contributed by atoms with E-state index >= 15 is 0 Å². The number of carbonyl (C=O) groups is 1. The molecular formula is C26H28F4N2O. The SMILES string of the molecule is O=C(/C=C/c1ccc(F)cc1)NC1CCC(CCN2Cc3ccc(C(F)(F)F)cc3C2)CC1. The van der Waals surface area contributed by atoms with Crippen LogP contribution in [0.2, 0.25) is 0 Å². The molecule has 1 heterocycles. The van der Waals surface area contributed by atoms with E-state index in [0.717, 1.165) is 55.3 Å². The lowest BCUT2D eigenvalue weighted by atomic mass is 9.84. The van der Waals surface area contributed by atoms with Gasteiger partial charge in [-0.3, -0.25) is 9.69 Å². The van der Waals surface area contributed by atoms with E-state index in [-0.39, 0.29) is 17.8 Å². The normalized spacial score (nSPS) is 21.3. The largest absolute Gasteiger partial charge is 0.416 e. The molecule has 33 heavy (non-hydrogen) atoms. The Morgan fingerprint density at radius 3 is 2.39 bits per heavy atom. The average Bonchev–Trinajstić information content (AvgIpc) is 3.20. The molecule has 2 aromatic rings. The van der Waals surface area contributed by atoms with Gasteiger partial charge in [-0.05, 0) is 91.6 Å². The molecule has 0 bridgehead atoms. The Labute approximate surface area is 191 Å². The van der Waals surface area contributed by atoms with Crippen molar-refractivity contribution in [2.75, 3.05) is 6.54 Å². The second-order valence-electron chi connectivity index (χ2n) is 9.09. The molecule has 0 unspecified atom stereocenters. The summed E-state index contributed by atoms with van der Waals surface area (Å²) in [5.41, 5.74) is 1.97. The van der Waals surface area contributed by atoms with Crippen molar-refractivity contribution in [3.63, 3.8) is 0 Å². The number of hydrogen-bond donors (Lipinski definition) is 1. The summed E-state index contributed by atoms with van der Waals surface area (Å²) in [6.45, 7) is 2.16. The second-order valence-corrected chi connectivity index (χ2v) is 9.09. The van der Waals surface area contributed by atoms with Crippen LogP contribution in [-0.2, 0) is 24.1 Å². The summed E-state index contributed by atoms with van der Waals surface area (Å²) in [7, 11) is 0. The van der Waals surface area contributed by atoms with Gasteiger partial charge in [0.15, 0.2) is 0 Å². The third-order valence-electron chi connectivity index (χ3n) is 6.67. The van der Waals surface area contributed by atoms with Crippen LogP contribution in [0.5, 0.6) is 0 Å². The first-order chi connectivity index (χ1) is 15.8. The Kier molecular flexibility index (Phi) is 7.17. The molecule has 0 saturated heterocycles. The van der Waals surface area contributed by atoms with E-state index in [0.29, 0.717) is 19.0 Å². The molecule has 0 radical (unpaired) electrons. The molecule has 3 nitrogen and oxygen atoms in total. The zero-order valence-corrected chi connectivity index (χ0v) is 18.4. The minimum atomic E-state index is -4.30. The first-order valence-corrected chi connectivity index (χ1v) is 11.4. The highest BCUT2D eigenvalue weighted by Gasteiger charge is 2.32. The molecule has 176 valence electrons. The summed E-state index contributed by atoms with van der Waals surface area (Å²) >= 11 is 0. The summed E-state index contributed by atoms with van der Waals surface area (Å²) < 4.78 is 51.7. The molecule has 4 rings (SSSR count). The van der Waals surface area contributed by atoms with E-state index in [1.165, 1.54) is 30.3 Å². The summed E-state index contributed by atoms with van der Waals surface area (Å²) in [6, 6.07) is 10.2. The molecule has 1 N–H and O–H groups in total. The lowest BCUT2D eigenvalue weighted by Crippen LogP contribution is -2.37. The van der Waals surface area contributed by atoms with Crippen LogP contribution in [0.3, 0.4) is 0 Å². The number of carbonyl (C=O) groups excluding carboxylic acids is 1. The van der Waals surface area contributed by atoms with Crippen LogP contribution in [0.4, 0.5) is 17.6 Å². The standard InChI is InChI=1S/C26H28F4N2O/c27-23-8-1-18(2-9-23)5-12-25(33)31-24-10-3-19(4-11-24)13-14-32-16-20-6-7-22(26(28,29)30)15-21(20)17-32/h1-2,5-9,12,15,19,24H,3-4,10-11,13-14,16-17H2,(H,31,33)/b12-5+. The van der Waals surface area contributed by atoms with Crippen LogP contribution in [0.25, 0.3) is 6.08 Å². The molecule has 2 aliphatic rings. The van der Waals surface area contributed by atoms with Crippen molar-refractivity contribution in [3.8, 4) is 0 Å². The number of hydrogen-bond acceptors (Lipinski definition) is 2. The Morgan fingerprint density at radius 1 is 1.00 bits per heavy atom. The number of rotatable bonds is 6. The Morgan fingerprint density at radius 2 is 1.70 bits per heavy atom. The highest BCUT2D eigenvalue weighted by Crippen LogP contribution is 2.34. The highest BCUT2D eigenvalue weighted by molar-refractivity contribution is 5.91. The fraction of sp³-hybridized carbons (Fsp3) is 0.423. The van der Waals surface area contributed by atoms with Crippen molar-refractivity contribution in [2.45, 2.75) is 57.4 Å². The molecule has 1 fully saturated rings. The Hall–Kier alpha value is -2.67. The summed E-state index contributed by atoms with van der Waals surface area (Å²) in [4.78, 5) is 14.4. The molecule has 1 amide bonds. The molecule has 0 aromatic heterocycles. The number of halogens is 4. The summed E-state index contributed by atoms with van der Waals surface area (Å²) in [5, 5.41) is 3.05. The zero-order chi connectivity index (χ0) is 23.4. The van der Waals surface area contributed by atoms with Crippen LogP contribution < -0.4 is 5.32 Å². The van der Waals surface area contributed by atoms with E-state index in [4.69, 9.17) is 0 Å². The summed E-state index contributed by atoms with van der Waals surface area (Å²) in [6.07, 6.45) is 3.79. The van der Waals surface area contributed by atoms with E-state index < -0.39 is 11.7 Å².